The largest absolute Gasteiger partial charge is 0.485 e. The molecule has 0 amide bonds. The van der Waals surface area contributed by atoms with Crippen molar-refractivity contribution >= 4 is 5.78 Å². The zero-order chi connectivity index (χ0) is 15.4. The molecule has 0 unspecified atom stereocenters. The first-order valence-electron chi connectivity index (χ1n) is 6.44. The van der Waals surface area contributed by atoms with Crippen LogP contribution in [0, 0.1) is 31.0 Å². The molecule has 0 fully saturated rings. The van der Waals surface area contributed by atoms with Crippen molar-refractivity contribution in [2.75, 3.05) is 6.61 Å². The Balaban J connectivity index is 2.09. The van der Waals surface area contributed by atoms with Gasteiger partial charge >= 0.3 is 0 Å². The Morgan fingerprint density at radius 3 is 2.67 bits per heavy atom. The van der Waals surface area contributed by atoms with Crippen LogP contribution in [0.5, 0.6) is 5.75 Å². The van der Waals surface area contributed by atoms with Crippen molar-refractivity contribution in [1.29, 1.82) is 5.26 Å². The first kappa shape index (κ1) is 14.7. The lowest BCUT2D eigenvalue weighted by atomic mass is 10.0. The molecule has 0 radical (unpaired) electrons. The van der Waals surface area contributed by atoms with Gasteiger partial charge in [0.15, 0.2) is 12.4 Å². The number of benzene rings is 2. The maximum Gasteiger partial charge on any atom is 0.200 e. The highest BCUT2D eigenvalue weighted by molar-refractivity contribution is 5.98. The highest BCUT2D eigenvalue weighted by Crippen LogP contribution is 2.17. The monoisotopic (exact) mass is 283 g/mol. The zero-order valence-corrected chi connectivity index (χ0v) is 11.8. The third kappa shape index (κ3) is 3.46. The molecule has 0 N–H and O–H groups in total. The van der Waals surface area contributed by atoms with Crippen LogP contribution >= 0.6 is 0 Å². The van der Waals surface area contributed by atoms with Crippen molar-refractivity contribution in [3.8, 4) is 11.8 Å². The fourth-order valence-electron chi connectivity index (χ4n) is 1.94. The number of Topliss-reactive ketones (excluding diaryl/α,β-unsaturated/α-hetero) is 1. The Kier molecular flexibility index (Phi) is 4.34. The molecule has 2 aromatic carbocycles. The van der Waals surface area contributed by atoms with Gasteiger partial charge in [0.1, 0.15) is 17.6 Å². The smallest absolute Gasteiger partial charge is 0.200 e. The molecule has 0 aromatic heterocycles. The first-order valence-corrected chi connectivity index (χ1v) is 6.44. The van der Waals surface area contributed by atoms with Gasteiger partial charge in [0.2, 0.25) is 0 Å². The third-order valence-electron chi connectivity index (χ3n) is 3.12. The van der Waals surface area contributed by atoms with Gasteiger partial charge in [0, 0.05) is 11.6 Å². The summed E-state index contributed by atoms with van der Waals surface area (Å²) >= 11 is 0. The molecule has 0 saturated heterocycles. The summed E-state index contributed by atoms with van der Waals surface area (Å²) in [4.78, 5) is 12.1. The fraction of sp³-hybridized carbons (Fsp3) is 0.176. The van der Waals surface area contributed by atoms with Crippen LogP contribution < -0.4 is 4.74 Å². The van der Waals surface area contributed by atoms with E-state index in [0.29, 0.717) is 5.56 Å². The first-order chi connectivity index (χ1) is 10.0. The molecule has 0 atom stereocenters. The molecule has 2 aromatic rings. The number of ether oxygens (including phenoxy) is 1. The Morgan fingerprint density at radius 1 is 1.24 bits per heavy atom. The van der Waals surface area contributed by atoms with Gasteiger partial charge in [-0.2, -0.15) is 5.26 Å². The van der Waals surface area contributed by atoms with Crippen LogP contribution in [0.15, 0.2) is 36.4 Å². The highest BCUT2D eigenvalue weighted by Gasteiger charge is 2.11. The van der Waals surface area contributed by atoms with E-state index in [1.54, 1.807) is 12.1 Å². The van der Waals surface area contributed by atoms with Crippen molar-refractivity contribution in [2.24, 2.45) is 0 Å². The number of carbonyl (C=O) groups excluding carboxylic acids is 1. The molecule has 0 saturated carbocycles. The van der Waals surface area contributed by atoms with Crippen LogP contribution in [0.2, 0.25) is 0 Å². The van der Waals surface area contributed by atoms with E-state index >= 15 is 0 Å². The number of nitriles is 1. The van der Waals surface area contributed by atoms with Crippen LogP contribution in [-0.2, 0) is 0 Å². The predicted molar refractivity (Wildman–Crippen MR) is 76.9 cm³/mol. The molecule has 0 aliphatic carbocycles. The highest BCUT2D eigenvalue weighted by atomic mass is 19.1. The summed E-state index contributed by atoms with van der Waals surface area (Å²) in [5.74, 6) is -0.597. The van der Waals surface area contributed by atoms with Gasteiger partial charge in [0.25, 0.3) is 0 Å². The molecule has 4 heteroatoms. The summed E-state index contributed by atoms with van der Waals surface area (Å²) in [6.07, 6.45) is 0. The predicted octanol–water partition coefficient (Wildman–Crippen LogP) is 3.58. The SMILES string of the molecule is Cc1ccc(C)c(C(=O)COc2ccc(C#N)c(F)c2)c1. The Bertz CT molecular complexity index is 732. The normalized spacial score (nSPS) is 10.0. The summed E-state index contributed by atoms with van der Waals surface area (Å²) in [7, 11) is 0. The molecular formula is C17H14FNO2. The number of aryl methyl sites for hydroxylation is 2. The quantitative estimate of drug-likeness (QED) is 0.806. The van der Waals surface area contributed by atoms with E-state index in [-0.39, 0.29) is 23.7 Å². The zero-order valence-electron chi connectivity index (χ0n) is 11.8. The van der Waals surface area contributed by atoms with E-state index in [4.69, 9.17) is 10.00 Å². The maximum absolute atomic E-state index is 13.4. The van der Waals surface area contributed by atoms with Gasteiger partial charge in [-0.15, -0.1) is 0 Å². The maximum atomic E-state index is 13.4. The number of carbonyl (C=O) groups is 1. The van der Waals surface area contributed by atoms with Crippen molar-refractivity contribution in [3.05, 3.63) is 64.5 Å². The van der Waals surface area contributed by atoms with E-state index in [1.165, 1.54) is 12.1 Å². The average molecular weight is 283 g/mol. The average Bonchev–Trinajstić information content (AvgIpc) is 2.47. The lowest BCUT2D eigenvalue weighted by Gasteiger charge is -2.08. The van der Waals surface area contributed by atoms with Crippen molar-refractivity contribution in [2.45, 2.75) is 13.8 Å². The number of rotatable bonds is 4. The minimum absolute atomic E-state index is 0.0526. The van der Waals surface area contributed by atoms with Crippen LogP contribution in [0.25, 0.3) is 0 Å². The van der Waals surface area contributed by atoms with E-state index in [9.17, 15) is 9.18 Å². The van der Waals surface area contributed by atoms with Gasteiger partial charge in [-0.1, -0.05) is 17.7 Å². The van der Waals surface area contributed by atoms with E-state index < -0.39 is 5.82 Å². The summed E-state index contributed by atoms with van der Waals surface area (Å²) in [6, 6.07) is 11.3. The molecule has 0 bridgehead atoms. The molecule has 0 aliphatic heterocycles. The van der Waals surface area contributed by atoms with Crippen LogP contribution in [-0.4, -0.2) is 12.4 Å². The van der Waals surface area contributed by atoms with Crippen molar-refractivity contribution < 1.29 is 13.9 Å². The molecule has 106 valence electrons. The number of hydrogen-bond donors (Lipinski definition) is 0. The lowest BCUT2D eigenvalue weighted by Crippen LogP contribution is -2.13. The summed E-state index contributed by atoms with van der Waals surface area (Å²) in [5.41, 5.74) is 2.42. The van der Waals surface area contributed by atoms with Gasteiger partial charge in [-0.05, 0) is 37.6 Å². The minimum Gasteiger partial charge on any atom is -0.485 e. The topological polar surface area (TPSA) is 50.1 Å². The van der Waals surface area contributed by atoms with Crippen LogP contribution in [0.1, 0.15) is 27.0 Å². The fourth-order valence-corrected chi connectivity index (χ4v) is 1.94. The Morgan fingerprint density at radius 2 is 2.00 bits per heavy atom. The van der Waals surface area contributed by atoms with Gasteiger partial charge < -0.3 is 4.74 Å². The third-order valence-corrected chi connectivity index (χ3v) is 3.12. The molecule has 21 heavy (non-hydrogen) atoms. The van der Waals surface area contributed by atoms with Gasteiger partial charge in [-0.3, -0.25) is 4.79 Å². The number of halogens is 1. The van der Waals surface area contributed by atoms with Gasteiger partial charge in [0.05, 0.1) is 5.56 Å². The van der Waals surface area contributed by atoms with E-state index in [0.717, 1.165) is 17.2 Å². The summed E-state index contributed by atoms with van der Waals surface area (Å²) in [5, 5.41) is 8.65. The molecule has 0 heterocycles. The second kappa shape index (κ2) is 6.19. The van der Waals surface area contributed by atoms with Gasteiger partial charge in [-0.25, -0.2) is 4.39 Å². The second-order valence-electron chi connectivity index (χ2n) is 4.78. The van der Waals surface area contributed by atoms with Crippen LogP contribution in [0.4, 0.5) is 4.39 Å². The lowest BCUT2D eigenvalue weighted by molar-refractivity contribution is 0.0920. The van der Waals surface area contributed by atoms with Crippen molar-refractivity contribution in [3.63, 3.8) is 0 Å². The Hall–Kier alpha value is -2.67. The molecular weight excluding hydrogens is 269 g/mol. The minimum atomic E-state index is -0.658. The standard InChI is InChI=1S/C17H14FNO2/c1-11-3-4-12(2)15(7-11)17(20)10-21-14-6-5-13(9-19)16(18)8-14/h3-8H,10H2,1-2H3. The van der Waals surface area contributed by atoms with Crippen molar-refractivity contribution in [1.82, 2.24) is 0 Å². The molecule has 0 aliphatic rings. The molecule has 3 nitrogen and oxygen atoms in total. The number of ketones is 1. The van der Waals surface area contributed by atoms with E-state index in [2.05, 4.69) is 0 Å². The number of hydrogen-bond acceptors (Lipinski definition) is 3. The number of nitrogens with zero attached hydrogens (tertiary/aromatic N) is 1. The van der Waals surface area contributed by atoms with E-state index in [1.807, 2.05) is 26.0 Å². The Labute approximate surface area is 122 Å². The molecule has 2 rings (SSSR count). The molecule has 0 spiro atoms. The second-order valence-corrected chi connectivity index (χ2v) is 4.78. The van der Waals surface area contributed by atoms with Crippen LogP contribution in [0.3, 0.4) is 0 Å². The summed E-state index contributed by atoms with van der Waals surface area (Å²) in [6.45, 7) is 3.59. The summed E-state index contributed by atoms with van der Waals surface area (Å²) < 4.78 is 18.7.